The molecule has 0 aliphatic heterocycles. The zero-order valence-corrected chi connectivity index (χ0v) is 12.6. The van der Waals surface area contributed by atoms with E-state index in [1.54, 1.807) is 0 Å². The molecule has 0 aliphatic rings. The smallest absolute Gasteiger partial charge is 0.338 e. The summed E-state index contributed by atoms with van der Waals surface area (Å²) in [6, 6.07) is 2.51. The molecule has 2 N–H and O–H groups in total. The highest BCUT2D eigenvalue weighted by Gasteiger charge is 2.13. The van der Waals surface area contributed by atoms with Crippen LogP contribution >= 0.6 is 15.9 Å². The first-order chi connectivity index (χ1) is 8.99. The van der Waals surface area contributed by atoms with Gasteiger partial charge in [0, 0.05) is 6.54 Å². The summed E-state index contributed by atoms with van der Waals surface area (Å²) in [6.07, 6.45) is 0. The van der Waals surface area contributed by atoms with Gasteiger partial charge < -0.3 is 19.8 Å². The number of carbonyl (C=O) groups is 1. The lowest BCUT2D eigenvalue weighted by atomic mass is 10.2. The molecule has 0 saturated carbocycles. The molecule has 5 nitrogen and oxygen atoms in total. The molecule has 0 aliphatic carbocycles. The quantitative estimate of drug-likeness (QED) is 0.783. The van der Waals surface area contributed by atoms with Crippen LogP contribution in [0.25, 0.3) is 0 Å². The number of ether oxygens (including phenoxy) is 1. The average molecular weight is 332 g/mol. The van der Waals surface area contributed by atoms with Gasteiger partial charge >= 0.3 is 5.97 Å². The SMILES string of the molecule is CCN(CC)CCOC(=O)c1cc(O)c(Br)c(O)c1. The van der Waals surface area contributed by atoms with Gasteiger partial charge in [-0.3, -0.25) is 0 Å². The van der Waals surface area contributed by atoms with Crippen LogP contribution in [0.4, 0.5) is 0 Å². The third-order valence-electron chi connectivity index (χ3n) is 2.81. The number of benzene rings is 1. The molecule has 0 unspecified atom stereocenters. The lowest BCUT2D eigenvalue weighted by Gasteiger charge is -2.17. The molecule has 0 atom stereocenters. The minimum atomic E-state index is -0.565. The molecule has 6 heteroatoms. The first-order valence-electron chi connectivity index (χ1n) is 6.10. The Morgan fingerprint density at radius 3 is 2.26 bits per heavy atom. The number of likely N-dealkylation sites (N-methyl/N-ethyl adjacent to an activating group) is 1. The summed E-state index contributed by atoms with van der Waals surface area (Å²) in [5.74, 6) is -0.961. The second-order valence-electron chi connectivity index (χ2n) is 3.99. The molecular formula is C13H18BrNO4. The minimum absolute atomic E-state index is 0.123. The van der Waals surface area contributed by atoms with Crippen molar-refractivity contribution in [2.24, 2.45) is 0 Å². The highest BCUT2D eigenvalue weighted by molar-refractivity contribution is 9.10. The number of aromatic hydroxyl groups is 2. The van der Waals surface area contributed by atoms with Crippen molar-refractivity contribution >= 4 is 21.9 Å². The fourth-order valence-electron chi connectivity index (χ4n) is 1.60. The van der Waals surface area contributed by atoms with Crippen LogP contribution in [-0.4, -0.2) is 47.3 Å². The first-order valence-corrected chi connectivity index (χ1v) is 6.89. The molecule has 0 spiro atoms. The molecule has 0 heterocycles. The van der Waals surface area contributed by atoms with Crippen molar-refractivity contribution in [1.29, 1.82) is 0 Å². The molecule has 1 rings (SSSR count). The summed E-state index contributed by atoms with van der Waals surface area (Å²) in [5.41, 5.74) is 0.123. The van der Waals surface area contributed by atoms with Crippen molar-refractivity contribution in [3.05, 3.63) is 22.2 Å². The van der Waals surface area contributed by atoms with E-state index in [4.69, 9.17) is 4.74 Å². The molecule has 19 heavy (non-hydrogen) atoms. The van der Waals surface area contributed by atoms with Crippen LogP contribution in [0.15, 0.2) is 16.6 Å². The van der Waals surface area contributed by atoms with Gasteiger partial charge in [-0.25, -0.2) is 4.79 Å². The van der Waals surface area contributed by atoms with Crippen LogP contribution in [0.3, 0.4) is 0 Å². The molecule has 0 radical (unpaired) electrons. The summed E-state index contributed by atoms with van der Waals surface area (Å²) in [5, 5.41) is 19.0. The van der Waals surface area contributed by atoms with Crippen molar-refractivity contribution in [2.75, 3.05) is 26.2 Å². The molecule has 1 aromatic rings. The summed E-state index contributed by atoms with van der Waals surface area (Å²) >= 11 is 2.99. The molecule has 0 bridgehead atoms. The molecule has 0 fully saturated rings. The van der Waals surface area contributed by atoms with E-state index >= 15 is 0 Å². The molecular weight excluding hydrogens is 314 g/mol. The standard InChI is InChI=1S/C13H18BrNO4/c1-3-15(4-2)5-6-19-13(18)9-7-10(16)12(14)11(17)8-9/h7-8,16-17H,3-6H2,1-2H3. The maximum absolute atomic E-state index is 11.7. The van der Waals surface area contributed by atoms with Crippen LogP contribution in [0.2, 0.25) is 0 Å². The van der Waals surface area contributed by atoms with Crippen LogP contribution in [-0.2, 0) is 4.74 Å². The number of hydrogen-bond acceptors (Lipinski definition) is 5. The average Bonchev–Trinajstić information content (AvgIpc) is 2.40. The summed E-state index contributed by atoms with van der Waals surface area (Å²) in [6.45, 7) is 6.80. The van der Waals surface area contributed by atoms with Gasteiger partial charge in [0.2, 0.25) is 0 Å². The van der Waals surface area contributed by atoms with Crippen LogP contribution in [0, 0.1) is 0 Å². The molecule has 0 saturated heterocycles. The van der Waals surface area contributed by atoms with Gasteiger partial charge in [0.05, 0.1) is 5.56 Å². The predicted molar refractivity (Wildman–Crippen MR) is 75.5 cm³/mol. The number of hydrogen-bond donors (Lipinski definition) is 2. The Balaban J connectivity index is 2.59. The van der Waals surface area contributed by atoms with E-state index in [0.29, 0.717) is 6.54 Å². The topological polar surface area (TPSA) is 70.0 Å². The number of halogens is 1. The van der Waals surface area contributed by atoms with E-state index < -0.39 is 5.97 Å². The monoisotopic (exact) mass is 331 g/mol. The Morgan fingerprint density at radius 2 is 1.79 bits per heavy atom. The van der Waals surface area contributed by atoms with Gasteiger partial charge in [-0.15, -0.1) is 0 Å². The van der Waals surface area contributed by atoms with Crippen molar-refractivity contribution < 1.29 is 19.7 Å². The van der Waals surface area contributed by atoms with E-state index in [9.17, 15) is 15.0 Å². The van der Waals surface area contributed by atoms with Crippen molar-refractivity contribution in [3.63, 3.8) is 0 Å². The van der Waals surface area contributed by atoms with Crippen LogP contribution in [0.1, 0.15) is 24.2 Å². The minimum Gasteiger partial charge on any atom is -0.507 e. The highest BCUT2D eigenvalue weighted by atomic mass is 79.9. The van der Waals surface area contributed by atoms with Crippen LogP contribution in [0.5, 0.6) is 11.5 Å². The van der Waals surface area contributed by atoms with E-state index in [0.717, 1.165) is 13.1 Å². The summed E-state index contributed by atoms with van der Waals surface area (Å²) in [7, 11) is 0. The maximum atomic E-state index is 11.7. The largest absolute Gasteiger partial charge is 0.507 e. The van der Waals surface area contributed by atoms with Gasteiger partial charge in [-0.1, -0.05) is 13.8 Å². The van der Waals surface area contributed by atoms with Gasteiger partial charge in [-0.05, 0) is 41.2 Å². The van der Waals surface area contributed by atoms with Crippen molar-refractivity contribution in [1.82, 2.24) is 4.90 Å². The molecule has 0 amide bonds. The van der Waals surface area contributed by atoms with Crippen LogP contribution < -0.4 is 0 Å². The van der Waals surface area contributed by atoms with E-state index in [2.05, 4.69) is 20.8 Å². The Bertz CT molecular complexity index is 423. The fourth-order valence-corrected chi connectivity index (χ4v) is 1.83. The van der Waals surface area contributed by atoms with Gasteiger partial charge in [0.25, 0.3) is 0 Å². The van der Waals surface area contributed by atoms with Gasteiger partial charge in [0.15, 0.2) is 0 Å². The molecule has 106 valence electrons. The van der Waals surface area contributed by atoms with Crippen molar-refractivity contribution in [3.8, 4) is 11.5 Å². The number of phenols is 2. The Morgan fingerprint density at radius 1 is 1.26 bits per heavy atom. The van der Waals surface area contributed by atoms with Gasteiger partial charge in [-0.2, -0.15) is 0 Å². The Labute approximate surface area is 120 Å². The zero-order valence-electron chi connectivity index (χ0n) is 11.0. The number of phenolic OH excluding ortho intramolecular Hbond substituents is 2. The lowest BCUT2D eigenvalue weighted by Crippen LogP contribution is -2.27. The molecule has 0 aromatic heterocycles. The zero-order chi connectivity index (χ0) is 14.4. The number of rotatable bonds is 6. The first kappa shape index (κ1) is 15.8. The maximum Gasteiger partial charge on any atom is 0.338 e. The molecule has 1 aromatic carbocycles. The summed E-state index contributed by atoms with van der Waals surface area (Å²) in [4.78, 5) is 13.9. The second-order valence-corrected chi connectivity index (χ2v) is 4.78. The van der Waals surface area contributed by atoms with E-state index in [1.165, 1.54) is 12.1 Å². The second kappa shape index (κ2) is 7.35. The Kier molecular flexibility index (Phi) is 6.11. The number of esters is 1. The van der Waals surface area contributed by atoms with Crippen molar-refractivity contribution in [2.45, 2.75) is 13.8 Å². The van der Waals surface area contributed by atoms with E-state index in [1.807, 2.05) is 13.8 Å². The van der Waals surface area contributed by atoms with E-state index in [-0.39, 0.29) is 28.1 Å². The third-order valence-corrected chi connectivity index (χ3v) is 3.62. The lowest BCUT2D eigenvalue weighted by molar-refractivity contribution is 0.0465. The Hall–Kier alpha value is -1.27. The van der Waals surface area contributed by atoms with Gasteiger partial charge in [0.1, 0.15) is 22.6 Å². The third kappa shape index (κ3) is 4.40. The summed E-state index contributed by atoms with van der Waals surface area (Å²) < 4.78 is 5.25. The number of nitrogens with zero attached hydrogens (tertiary/aromatic N) is 1. The normalized spacial score (nSPS) is 10.7. The predicted octanol–water partition coefficient (Wildman–Crippen LogP) is 2.36. The highest BCUT2D eigenvalue weighted by Crippen LogP contribution is 2.34. The number of carbonyl (C=O) groups excluding carboxylic acids is 1. The fraction of sp³-hybridized carbons (Fsp3) is 0.462.